The smallest absolute Gasteiger partial charge is 0.260 e. The number of carbonyl (C=O) groups excluding carboxylic acids is 2. The van der Waals surface area contributed by atoms with Crippen molar-refractivity contribution in [2.75, 3.05) is 13.7 Å². The van der Waals surface area contributed by atoms with Gasteiger partial charge in [0, 0.05) is 18.3 Å². The molecule has 4 nitrogen and oxygen atoms in total. The summed E-state index contributed by atoms with van der Waals surface area (Å²) >= 11 is 1.66. The summed E-state index contributed by atoms with van der Waals surface area (Å²) < 4.78 is 5.56. The maximum Gasteiger partial charge on any atom is 0.260 e. The fourth-order valence-corrected chi connectivity index (χ4v) is 3.16. The standard InChI is InChI=1S/C19H23NO3S/c1-14-10-11-24-18(14)12-20(3)19(22)13-23-17-8-6-16(7-9-17)5-4-15(2)21/h6-11H,4-5,12-13H2,1-3H3. The van der Waals surface area contributed by atoms with Crippen LogP contribution in [0.2, 0.25) is 0 Å². The first-order valence-electron chi connectivity index (χ1n) is 7.94. The lowest BCUT2D eigenvalue weighted by atomic mass is 10.1. The third-order valence-corrected chi connectivity index (χ3v) is 4.83. The number of benzene rings is 1. The molecule has 0 aliphatic heterocycles. The van der Waals surface area contributed by atoms with Gasteiger partial charge in [-0.2, -0.15) is 0 Å². The average Bonchev–Trinajstić information content (AvgIpc) is 2.96. The Morgan fingerprint density at radius 2 is 1.88 bits per heavy atom. The van der Waals surface area contributed by atoms with Crippen molar-refractivity contribution in [1.29, 1.82) is 0 Å². The number of ether oxygens (including phenoxy) is 1. The summed E-state index contributed by atoms with van der Waals surface area (Å²) in [6.07, 6.45) is 1.28. The van der Waals surface area contributed by atoms with Gasteiger partial charge < -0.3 is 14.4 Å². The van der Waals surface area contributed by atoms with Gasteiger partial charge in [0.1, 0.15) is 11.5 Å². The first kappa shape index (κ1) is 18.2. The molecule has 0 bridgehead atoms. The molecule has 0 atom stereocenters. The van der Waals surface area contributed by atoms with E-state index in [2.05, 4.69) is 6.07 Å². The van der Waals surface area contributed by atoms with Gasteiger partial charge in [-0.05, 0) is 55.0 Å². The second-order valence-corrected chi connectivity index (χ2v) is 6.91. The summed E-state index contributed by atoms with van der Waals surface area (Å²) in [5.41, 5.74) is 2.30. The summed E-state index contributed by atoms with van der Waals surface area (Å²) in [4.78, 5) is 26.0. The van der Waals surface area contributed by atoms with E-state index in [0.717, 1.165) is 12.0 Å². The molecule has 5 heteroatoms. The van der Waals surface area contributed by atoms with E-state index in [0.29, 0.717) is 18.7 Å². The van der Waals surface area contributed by atoms with Gasteiger partial charge in [-0.15, -0.1) is 11.3 Å². The molecule has 1 heterocycles. The molecule has 0 spiro atoms. The normalized spacial score (nSPS) is 10.5. The number of hydrogen-bond acceptors (Lipinski definition) is 4. The van der Waals surface area contributed by atoms with Gasteiger partial charge in [0.25, 0.3) is 5.91 Å². The Kier molecular flexibility index (Phi) is 6.55. The van der Waals surface area contributed by atoms with Crippen LogP contribution < -0.4 is 4.74 Å². The summed E-state index contributed by atoms with van der Waals surface area (Å²) in [6, 6.07) is 9.60. The van der Waals surface area contributed by atoms with Crippen molar-refractivity contribution in [1.82, 2.24) is 4.90 Å². The summed E-state index contributed by atoms with van der Waals surface area (Å²) in [5.74, 6) is 0.795. The molecule has 0 saturated carbocycles. The van der Waals surface area contributed by atoms with Gasteiger partial charge in [-0.1, -0.05) is 12.1 Å². The number of rotatable bonds is 8. The van der Waals surface area contributed by atoms with E-state index in [1.54, 1.807) is 30.2 Å². The maximum atomic E-state index is 12.2. The number of thiophene rings is 1. The molecule has 1 aromatic carbocycles. The van der Waals surface area contributed by atoms with Gasteiger partial charge in [-0.3, -0.25) is 4.79 Å². The van der Waals surface area contributed by atoms with Crippen LogP contribution in [-0.4, -0.2) is 30.2 Å². The van der Waals surface area contributed by atoms with E-state index in [9.17, 15) is 9.59 Å². The summed E-state index contributed by atoms with van der Waals surface area (Å²) in [6.45, 7) is 4.27. The molecule has 1 amide bonds. The Hall–Kier alpha value is -2.14. The lowest BCUT2D eigenvalue weighted by Gasteiger charge is -2.17. The molecule has 0 N–H and O–H groups in total. The molecule has 0 fully saturated rings. The lowest BCUT2D eigenvalue weighted by molar-refractivity contribution is -0.132. The van der Waals surface area contributed by atoms with Crippen molar-refractivity contribution in [3.05, 3.63) is 51.7 Å². The molecule has 2 rings (SSSR count). The fourth-order valence-electron chi connectivity index (χ4n) is 2.20. The minimum atomic E-state index is -0.0524. The highest BCUT2D eigenvalue weighted by molar-refractivity contribution is 7.10. The van der Waals surface area contributed by atoms with Gasteiger partial charge in [0.05, 0.1) is 6.54 Å². The van der Waals surface area contributed by atoms with E-state index < -0.39 is 0 Å². The van der Waals surface area contributed by atoms with Gasteiger partial charge in [0.15, 0.2) is 6.61 Å². The Balaban J connectivity index is 1.80. The van der Waals surface area contributed by atoms with E-state index in [-0.39, 0.29) is 18.3 Å². The number of Topliss-reactive ketones (excluding diaryl/α,β-unsaturated/α-hetero) is 1. The molecule has 0 radical (unpaired) electrons. The van der Waals surface area contributed by atoms with E-state index in [1.165, 1.54) is 10.4 Å². The molecular weight excluding hydrogens is 322 g/mol. The Labute approximate surface area is 147 Å². The SMILES string of the molecule is CC(=O)CCc1ccc(OCC(=O)N(C)Cc2sccc2C)cc1. The van der Waals surface area contributed by atoms with Crippen LogP contribution in [0.25, 0.3) is 0 Å². The van der Waals surface area contributed by atoms with Crippen molar-refractivity contribution in [3.8, 4) is 5.75 Å². The first-order valence-corrected chi connectivity index (χ1v) is 8.82. The van der Waals surface area contributed by atoms with Gasteiger partial charge in [-0.25, -0.2) is 0 Å². The van der Waals surface area contributed by atoms with Crippen LogP contribution in [0.5, 0.6) is 5.75 Å². The molecule has 1 aromatic heterocycles. The van der Waals surface area contributed by atoms with Crippen molar-refractivity contribution in [2.45, 2.75) is 33.2 Å². The molecule has 0 unspecified atom stereocenters. The highest BCUT2D eigenvalue weighted by Crippen LogP contribution is 2.18. The van der Waals surface area contributed by atoms with Crippen LogP contribution in [-0.2, 0) is 22.6 Å². The van der Waals surface area contributed by atoms with Gasteiger partial charge >= 0.3 is 0 Å². The Bertz CT molecular complexity index is 691. The van der Waals surface area contributed by atoms with Crippen LogP contribution in [0, 0.1) is 6.92 Å². The lowest BCUT2D eigenvalue weighted by Crippen LogP contribution is -2.30. The average molecular weight is 345 g/mol. The molecule has 0 aliphatic rings. The number of carbonyl (C=O) groups is 2. The van der Waals surface area contributed by atoms with Crippen LogP contribution >= 0.6 is 11.3 Å². The van der Waals surface area contributed by atoms with Crippen molar-refractivity contribution >= 4 is 23.0 Å². The number of aryl methyl sites for hydroxylation is 2. The minimum Gasteiger partial charge on any atom is -0.484 e. The zero-order chi connectivity index (χ0) is 17.5. The molecule has 128 valence electrons. The molecule has 24 heavy (non-hydrogen) atoms. The summed E-state index contributed by atoms with van der Waals surface area (Å²) in [7, 11) is 1.79. The Morgan fingerprint density at radius 1 is 1.17 bits per heavy atom. The topological polar surface area (TPSA) is 46.6 Å². The molecular formula is C19H23NO3S. The van der Waals surface area contributed by atoms with Crippen LogP contribution in [0.4, 0.5) is 0 Å². The fraction of sp³-hybridized carbons (Fsp3) is 0.368. The predicted octanol–water partition coefficient (Wildman–Crippen LogP) is 3.62. The van der Waals surface area contributed by atoms with Crippen LogP contribution in [0.1, 0.15) is 29.3 Å². The predicted molar refractivity (Wildman–Crippen MR) is 96.5 cm³/mol. The first-order chi connectivity index (χ1) is 11.5. The second-order valence-electron chi connectivity index (χ2n) is 5.91. The van der Waals surface area contributed by atoms with Crippen molar-refractivity contribution in [2.24, 2.45) is 0 Å². The van der Waals surface area contributed by atoms with E-state index in [1.807, 2.05) is 36.6 Å². The van der Waals surface area contributed by atoms with E-state index in [4.69, 9.17) is 4.74 Å². The third kappa shape index (κ3) is 5.49. The van der Waals surface area contributed by atoms with E-state index >= 15 is 0 Å². The number of ketones is 1. The third-order valence-electron chi connectivity index (χ3n) is 3.83. The molecule has 0 aliphatic carbocycles. The number of hydrogen-bond donors (Lipinski definition) is 0. The zero-order valence-corrected chi connectivity index (χ0v) is 15.2. The largest absolute Gasteiger partial charge is 0.484 e. The van der Waals surface area contributed by atoms with Crippen molar-refractivity contribution < 1.29 is 14.3 Å². The van der Waals surface area contributed by atoms with Gasteiger partial charge in [0.2, 0.25) is 0 Å². The molecule has 2 aromatic rings. The quantitative estimate of drug-likeness (QED) is 0.734. The number of nitrogens with zero attached hydrogens (tertiary/aromatic N) is 1. The maximum absolute atomic E-state index is 12.2. The summed E-state index contributed by atoms with van der Waals surface area (Å²) in [5, 5.41) is 2.03. The minimum absolute atomic E-state index is 0.0215. The monoisotopic (exact) mass is 345 g/mol. The zero-order valence-electron chi connectivity index (χ0n) is 14.4. The number of amides is 1. The Morgan fingerprint density at radius 3 is 2.46 bits per heavy atom. The number of likely N-dealkylation sites (N-methyl/N-ethyl adjacent to an activating group) is 1. The van der Waals surface area contributed by atoms with Crippen LogP contribution in [0.3, 0.4) is 0 Å². The second kappa shape index (κ2) is 8.64. The highest BCUT2D eigenvalue weighted by Gasteiger charge is 2.12. The highest BCUT2D eigenvalue weighted by atomic mass is 32.1. The molecule has 0 saturated heterocycles. The van der Waals surface area contributed by atoms with Crippen LogP contribution in [0.15, 0.2) is 35.7 Å². The van der Waals surface area contributed by atoms with Crippen molar-refractivity contribution in [3.63, 3.8) is 0 Å².